The van der Waals surface area contributed by atoms with Crippen molar-refractivity contribution in [1.29, 1.82) is 0 Å². The molecule has 1 aromatic carbocycles. The molecule has 0 amide bonds. The molecule has 1 heterocycles. The maximum atomic E-state index is 11.0. The molecule has 2 aromatic rings. The van der Waals surface area contributed by atoms with Gasteiger partial charge in [-0.15, -0.1) is 0 Å². The molecule has 1 N–H and O–H groups in total. The fourth-order valence-electron chi connectivity index (χ4n) is 1.79. The highest BCUT2D eigenvalue weighted by Crippen LogP contribution is 2.28. The van der Waals surface area contributed by atoms with Gasteiger partial charge < -0.3 is 5.32 Å². The standard InChI is InChI=1S/C13H13N3O2/c1-14-9-10-6-7-15-12(8-10)11-4-2-3-5-13(11)16(17)18/h2-8,14H,9H2,1H3. The molecule has 1 aromatic heterocycles. The zero-order chi connectivity index (χ0) is 13.0. The van der Waals surface area contributed by atoms with Gasteiger partial charge >= 0.3 is 0 Å². The van der Waals surface area contributed by atoms with E-state index in [1.165, 1.54) is 6.07 Å². The number of benzene rings is 1. The SMILES string of the molecule is CNCc1ccnc(-c2ccccc2[N+](=O)[O-])c1. The summed E-state index contributed by atoms with van der Waals surface area (Å²) in [6.07, 6.45) is 1.67. The average Bonchev–Trinajstić information content (AvgIpc) is 2.39. The topological polar surface area (TPSA) is 68.1 Å². The monoisotopic (exact) mass is 243 g/mol. The maximum Gasteiger partial charge on any atom is 0.278 e. The van der Waals surface area contributed by atoms with Gasteiger partial charge in [0.25, 0.3) is 5.69 Å². The van der Waals surface area contributed by atoms with E-state index in [9.17, 15) is 10.1 Å². The molecule has 5 heteroatoms. The first-order valence-corrected chi connectivity index (χ1v) is 5.55. The molecule has 2 rings (SSSR count). The molecular formula is C13H13N3O2. The van der Waals surface area contributed by atoms with E-state index >= 15 is 0 Å². The van der Waals surface area contributed by atoms with Crippen LogP contribution in [0.3, 0.4) is 0 Å². The van der Waals surface area contributed by atoms with E-state index in [2.05, 4.69) is 10.3 Å². The summed E-state index contributed by atoms with van der Waals surface area (Å²) in [5, 5.41) is 14.0. The van der Waals surface area contributed by atoms with Gasteiger partial charge in [-0.2, -0.15) is 0 Å². The fraction of sp³-hybridized carbons (Fsp3) is 0.154. The molecule has 18 heavy (non-hydrogen) atoms. The number of rotatable bonds is 4. The molecule has 0 fully saturated rings. The number of hydrogen-bond acceptors (Lipinski definition) is 4. The van der Waals surface area contributed by atoms with Gasteiger partial charge in [-0.1, -0.05) is 12.1 Å². The van der Waals surface area contributed by atoms with Crippen molar-refractivity contribution in [2.45, 2.75) is 6.54 Å². The Balaban J connectivity index is 2.48. The highest BCUT2D eigenvalue weighted by molar-refractivity contribution is 5.70. The van der Waals surface area contributed by atoms with Crippen LogP contribution in [-0.2, 0) is 6.54 Å². The zero-order valence-electron chi connectivity index (χ0n) is 9.96. The molecule has 0 aliphatic heterocycles. The van der Waals surface area contributed by atoms with Crippen molar-refractivity contribution in [2.24, 2.45) is 0 Å². The molecule has 0 radical (unpaired) electrons. The molecule has 0 aliphatic carbocycles. The smallest absolute Gasteiger partial charge is 0.278 e. The first-order chi connectivity index (χ1) is 8.72. The van der Waals surface area contributed by atoms with Crippen molar-refractivity contribution in [3.63, 3.8) is 0 Å². The Kier molecular flexibility index (Phi) is 3.64. The third-order valence-corrected chi connectivity index (χ3v) is 2.58. The summed E-state index contributed by atoms with van der Waals surface area (Å²) in [7, 11) is 1.85. The minimum atomic E-state index is -0.387. The molecular weight excluding hydrogens is 230 g/mol. The molecule has 0 saturated heterocycles. The predicted molar refractivity (Wildman–Crippen MR) is 69.1 cm³/mol. The van der Waals surface area contributed by atoms with Gasteiger partial charge in [-0.3, -0.25) is 15.1 Å². The molecule has 0 spiro atoms. The molecule has 0 unspecified atom stereocenters. The van der Waals surface area contributed by atoms with Gasteiger partial charge in [0.15, 0.2) is 0 Å². The second-order valence-electron chi connectivity index (χ2n) is 3.85. The van der Waals surface area contributed by atoms with E-state index in [1.54, 1.807) is 24.4 Å². The predicted octanol–water partition coefficient (Wildman–Crippen LogP) is 2.38. The minimum Gasteiger partial charge on any atom is -0.316 e. The van der Waals surface area contributed by atoms with Crippen LogP contribution in [0, 0.1) is 10.1 Å². The Morgan fingerprint density at radius 3 is 2.83 bits per heavy atom. The Bertz CT molecular complexity index is 570. The summed E-state index contributed by atoms with van der Waals surface area (Å²) < 4.78 is 0. The van der Waals surface area contributed by atoms with Crippen molar-refractivity contribution in [1.82, 2.24) is 10.3 Å². The minimum absolute atomic E-state index is 0.0756. The molecule has 92 valence electrons. The van der Waals surface area contributed by atoms with Crippen LogP contribution in [0.2, 0.25) is 0 Å². The van der Waals surface area contributed by atoms with Gasteiger partial charge in [-0.05, 0) is 30.8 Å². The third kappa shape index (κ3) is 2.52. The number of hydrogen-bond donors (Lipinski definition) is 1. The molecule has 0 aliphatic rings. The number of aromatic nitrogens is 1. The Morgan fingerprint density at radius 2 is 2.11 bits per heavy atom. The summed E-state index contributed by atoms with van der Waals surface area (Å²) in [5.74, 6) is 0. The maximum absolute atomic E-state index is 11.0. The Labute approximate surface area is 105 Å². The number of nitro groups is 1. The lowest BCUT2D eigenvalue weighted by Crippen LogP contribution is -2.05. The number of nitro benzene ring substituents is 1. The molecule has 0 saturated carbocycles. The zero-order valence-corrected chi connectivity index (χ0v) is 9.96. The lowest BCUT2D eigenvalue weighted by atomic mass is 10.1. The Morgan fingerprint density at radius 1 is 1.33 bits per heavy atom. The van der Waals surface area contributed by atoms with Crippen LogP contribution < -0.4 is 5.32 Å². The normalized spacial score (nSPS) is 10.3. The highest BCUT2D eigenvalue weighted by Gasteiger charge is 2.15. The van der Waals surface area contributed by atoms with Crippen LogP contribution in [0.1, 0.15) is 5.56 Å². The lowest BCUT2D eigenvalue weighted by Gasteiger charge is -2.05. The van der Waals surface area contributed by atoms with Gasteiger partial charge in [0.05, 0.1) is 16.2 Å². The van der Waals surface area contributed by atoms with Crippen molar-refractivity contribution < 1.29 is 4.92 Å². The summed E-state index contributed by atoms with van der Waals surface area (Å²) in [5.41, 5.74) is 2.28. The van der Waals surface area contributed by atoms with Gasteiger partial charge in [0.1, 0.15) is 0 Å². The summed E-state index contributed by atoms with van der Waals surface area (Å²) in [6, 6.07) is 10.4. The van der Waals surface area contributed by atoms with Gasteiger partial charge in [0.2, 0.25) is 0 Å². The fourth-order valence-corrected chi connectivity index (χ4v) is 1.79. The van der Waals surface area contributed by atoms with Crippen LogP contribution in [0.4, 0.5) is 5.69 Å². The molecule has 0 bridgehead atoms. The van der Waals surface area contributed by atoms with Crippen LogP contribution >= 0.6 is 0 Å². The van der Waals surface area contributed by atoms with Gasteiger partial charge in [-0.25, -0.2) is 0 Å². The summed E-state index contributed by atoms with van der Waals surface area (Å²) >= 11 is 0. The van der Waals surface area contributed by atoms with Crippen molar-refractivity contribution in [2.75, 3.05) is 7.05 Å². The van der Waals surface area contributed by atoms with E-state index in [1.807, 2.05) is 19.2 Å². The second-order valence-corrected chi connectivity index (χ2v) is 3.85. The van der Waals surface area contributed by atoms with E-state index in [-0.39, 0.29) is 10.6 Å². The largest absolute Gasteiger partial charge is 0.316 e. The lowest BCUT2D eigenvalue weighted by molar-refractivity contribution is -0.384. The number of pyridine rings is 1. The highest BCUT2D eigenvalue weighted by atomic mass is 16.6. The first-order valence-electron chi connectivity index (χ1n) is 5.55. The van der Waals surface area contributed by atoms with Crippen molar-refractivity contribution in [3.8, 4) is 11.3 Å². The second kappa shape index (κ2) is 5.37. The van der Waals surface area contributed by atoms with Crippen LogP contribution in [-0.4, -0.2) is 17.0 Å². The van der Waals surface area contributed by atoms with Crippen LogP contribution in [0.25, 0.3) is 11.3 Å². The van der Waals surface area contributed by atoms with Crippen molar-refractivity contribution in [3.05, 3.63) is 58.3 Å². The van der Waals surface area contributed by atoms with E-state index in [0.29, 0.717) is 17.8 Å². The number of nitrogens with zero attached hydrogens (tertiary/aromatic N) is 2. The van der Waals surface area contributed by atoms with Crippen molar-refractivity contribution >= 4 is 5.69 Å². The number of nitrogens with one attached hydrogen (secondary N) is 1. The average molecular weight is 243 g/mol. The first kappa shape index (κ1) is 12.2. The summed E-state index contributed by atoms with van der Waals surface area (Å²) in [6.45, 7) is 0.705. The molecule has 0 atom stereocenters. The third-order valence-electron chi connectivity index (χ3n) is 2.58. The summed E-state index contributed by atoms with van der Waals surface area (Å²) in [4.78, 5) is 14.8. The quantitative estimate of drug-likeness (QED) is 0.661. The van der Waals surface area contributed by atoms with Gasteiger partial charge in [0, 0.05) is 18.8 Å². The number of para-hydroxylation sites is 1. The van der Waals surface area contributed by atoms with E-state index in [0.717, 1.165) is 5.56 Å². The van der Waals surface area contributed by atoms with E-state index < -0.39 is 0 Å². The molecule has 5 nitrogen and oxygen atoms in total. The Hall–Kier alpha value is -2.27. The van der Waals surface area contributed by atoms with Crippen LogP contribution in [0.5, 0.6) is 0 Å². The van der Waals surface area contributed by atoms with E-state index in [4.69, 9.17) is 0 Å². The van der Waals surface area contributed by atoms with Crippen LogP contribution in [0.15, 0.2) is 42.6 Å².